The lowest BCUT2D eigenvalue weighted by molar-refractivity contribution is 0.102. The molecule has 0 unspecified atom stereocenters. The van der Waals surface area contributed by atoms with Crippen LogP contribution in [0.5, 0.6) is 17.2 Å². The highest BCUT2D eigenvalue weighted by Gasteiger charge is 2.21. The summed E-state index contributed by atoms with van der Waals surface area (Å²) in [7, 11) is 0.358. The van der Waals surface area contributed by atoms with Crippen LogP contribution in [0.2, 0.25) is 0 Å². The second-order valence-corrected chi connectivity index (χ2v) is 11.1. The van der Waals surface area contributed by atoms with Gasteiger partial charge in [0.25, 0.3) is 15.9 Å². The van der Waals surface area contributed by atoms with Crippen molar-refractivity contribution in [1.82, 2.24) is 9.97 Å². The first kappa shape index (κ1) is 29.1. The van der Waals surface area contributed by atoms with Gasteiger partial charge in [0, 0.05) is 29.6 Å². The molecular weight excluding hydrogens is 570 g/mol. The zero-order valence-electron chi connectivity index (χ0n) is 23.8. The predicted octanol–water partition coefficient (Wildman–Crippen LogP) is 5.76. The highest BCUT2D eigenvalue weighted by molar-refractivity contribution is 7.92. The first-order chi connectivity index (χ1) is 20.7. The van der Waals surface area contributed by atoms with Crippen LogP contribution in [-0.2, 0) is 10.0 Å². The number of nitrogens with zero attached hydrogens (tertiary/aromatic N) is 2. The third kappa shape index (κ3) is 6.60. The van der Waals surface area contributed by atoms with Gasteiger partial charge in [-0.3, -0.25) is 9.52 Å². The van der Waals surface area contributed by atoms with Crippen molar-refractivity contribution in [2.75, 3.05) is 36.7 Å². The van der Waals surface area contributed by atoms with Crippen LogP contribution in [0.1, 0.15) is 15.9 Å². The monoisotopic (exact) mass is 599 g/mol. The minimum atomic E-state index is -4.18. The van der Waals surface area contributed by atoms with Gasteiger partial charge < -0.3 is 24.8 Å². The van der Waals surface area contributed by atoms with Crippen LogP contribution in [0.4, 0.5) is 23.0 Å². The molecule has 0 bridgehead atoms. The molecule has 0 radical (unpaired) electrons. The lowest BCUT2D eigenvalue weighted by atomic mass is 10.1. The van der Waals surface area contributed by atoms with Gasteiger partial charge in [-0.1, -0.05) is 24.3 Å². The molecule has 3 N–H and O–H groups in total. The van der Waals surface area contributed by atoms with Crippen molar-refractivity contribution < 1.29 is 27.4 Å². The van der Waals surface area contributed by atoms with E-state index in [2.05, 4.69) is 25.3 Å². The number of ether oxygens (including phenoxy) is 3. The molecule has 0 atom stereocenters. The first-order valence-electron chi connectivity index (χ1n) is 13.0. The molecule has 220 valence electrons. The van der Waals surface area contributed by atoms with Gasteiger partial charge >= 0.3 is 0 Å². The summed E-state index contributed by atoms with van der Waals surface area (Å²) in [6.45, 7) is 1.89. The van der Waals surface area contributed by atoms with E-state index >= 15 is 0 Å². The minimum absolute atomic E-state index is 0.0284. The Labute approximate surface area is 248 Å². The van der Waals surface area contributed by atoms with Crippen molar-refractivity contribution in [2.24, 2.45) is 0 Å². The molecule has 5 aromatic rings. The fraction of sp³-hybridized carbons (Fsp3) is 0.129. The molecule has 5 rings (SSSR count). The maximum Gasteiger partial charge on any atom is 0.263 e. The Morgan fingerprint density at radius 1 is 0.721 bits per heavy atom. The number of anilines is 4. The lowest BCUT2D eigenvalue weighted by Crippen LogP contribution is -2.17. The smallest absolute Gasteiger partial charge is 0.263 e. The molecule has 12 heteroatoms. The zero-order chi connectivity index (χ0) is 30.6. The Balaban J connectivity index is 1.46. The molecule has 0 fully saturated rings. The van der Waals surface area contributed by atoms with Crippen LogP contribution >= 0.6 is 0 Å². The van der Waals surface area contributed by atoms with Crippen molar-refractivity contribution in [2.45, 2.75) is 11.8 Å². The molecule has 0 spiro atoms. The number of benzene rings is 4. The van der Waals surface area contributed by atoms with Gasteiger partial charge in [-0.25, -0.2) is 18.4 Å². The number of methoxy groups -OCH3 is 3. The summed E-state index contributed by atoms with van der Waals surface area (Å²) < 4.78 is 45.8. The predicted molar refractivity (Wildman–Crippen MR) is 165 cm³/mol. The standard InChI is InChI=1S/C31H29N5O6S/c1-19-12-13-25(28(14-19)42-4)31(37)33-20-8-7-9-24(17-20)43(38,39)36-30-29(34-26-10-5-6-11-27(26)35-30)32-21-15-22(40-2)18-23(16-21)41-3/h5-18H,1-4H3,(H,32,34)(H,33,37)(H,35,36). The van der Waals surface area contributed by atoms with E-state index in [-0.39, 0.29) is 22.2 Å². The second kappa shape index (κ2) is 12.2. The molecule has 0 aliphatic carbocycles. The number of aryl methyl sites for hydroxylation is 1. The van der Waals surface area contributed by atoms with Crippen LogP contribution < -0.4 is 29.6 Å². The summed E-state index contributed by atoms with van der Waals surface area (Å²) in [5.74, 6) is 1.15. The Morgan fingerprint density at radius 3 is 2.05 bits per heavy atom. The SMILES string of the molecule is COc1cc(Nc2nc3ccccc3nc2NS(=O)(=O)c2cccc(NC(=O)c3ccc(C)cc3OC)c2)cc(OC)c1. The molecule has 0 saturated carbocycles. The average molecular weight is 600 g/mol. The molecule has 0 saturated heterocycles. The van der Waals surface area contributed by atoms with Crippen molar-refractivity contribution in [3.8, 4) is 17.2 Å². The van der Waals surface area contributed by atoms with E-state index < -0.39 is 15.9 Å². The summed E-state index contributed by atoms with van der Waals surface area (Å²) in [6, 6.07) is 23.3. The summed E-state index contributed by atoms with van der Waals surface area (Å²) in [6.07, 6.45) is 0. The number of rotatable bonds is 10. The van der Waals surface area contributed by atoms with Crippen LogP contribution in [-0.4, -0.2) is 45.6 Å². The number of hydrogen-bond acceptors (Lipinski definition) is 9. The van der Waals surface area contributed by atoms with Gasteiger partial charge in [0.05, 0.1) is 42.8 Å². The Kier molecular flexibility index (Phi) is 8.30. The molecule has 1 amide bonds. The lowest BCUT2D eigenvalue weighted by Gasteiger charge is -2.15. The quantitative estimate of drug-likeness (QED) is 0.183. The number of sulfonamides is 1. The van der Waals surface area contributed by atoms with E-state index in [1.807, 2.05) is 13.0 Å². The van der Waals surface area contributed by atoms with Crippen molar-refractivity contribution in [3.05, 3.63) is 96.1 Å². The Hall–Kier alpha value is -5.36. The maximum absolute atomic E-state index is 13.6. The van der Waals surface area contributed by atoms with E-state index in [0.29, 0.717) is 39.5 Å². The molecule has 1 heterocycles. The number of amides is 1. The third-order valence-electron chi connectivity index (χ3n) is 6.42. The summed E-state index contributed by atoms with van der Waals surface area (Å²) in [4.78, 5) is 22.1. The van der Waals surface area contributed by atoms with Crippen LogP contribution in [0, 0.1) is 6.92 Å². The average Bonchev–Trinajstić information content (AvgIpc) is 3.00. The van der Waals surface area contributed by atoms with E-state index in [1.54, 1.807) is 60.7 Å². The number of para-hydroxylation sites is 2. The molecule has 0 aliphatic rings. The van der Waals surface area contributed by atoms with Gasteiger partial charge in [-0.2, -0.15) is 0 Å². The van der Waals surface area contributed by atoms with E-state index in [1.165, 1.54) is 39.5 Å². The number of nitrogens with one attached hydrogen (secondary N) is 3. The van der Waals surface area contributed by atoms with Crippen molar-refractivity contribution in [3.63, 3.8) is 0 Å². The van der Waals surface area contributed by atoms with Crippen LogP contribution in [0.3, 0.4) is 0 Å². The second-order valence-electron chi connectivity index (χ2n) is 9.43. The number of fused-ring (bicyclic) bond motifs is 1. The fourth-order valence-corrected chi connectivity index (χ4v) is 5.34. The number of aromatic nitrogens is 2. The molecule has 1 aromatic heterocycles. The van der Waals surface area contributed by atoms with Gasteiger partial charge in [0.15, 0.2) is 11.6 Å². The topological polar surface area (TPSA) is 141 Å². The van der Waals surface area contributed by atoms with Crippen LogP contribution in [0.15, 0.2) is 89.8 Å². The summed E-state index contributed by atoms with van der Waals surface area (Å²) in [5, 5.41) is 5.87. The number of carbonyl (C=O) groups excluding carboxylic acids is 1. The maximum atomic E-state index is 13.6. The third-order valence-corrected chi connectivity index (χ3v) is 7.76. The molecule has 0 aliphatic heterocycles. The van der Waals surface area contributed by atoms with Crippen molar-refractivity contribution in [1.29, 1.82) is 0 Å². The highest BCUT2D eigenvalue weighted by Crippen LogP contribution is 2.32. The Bertz CT molecular complexity index is 1910. The fourth-order valence-electron chi connectivity index (χ4n) is 4.29. The van der Waals surface area contributed by atoms with Gasteiger partial charge in [-0.15, -0.1) is 0 Å². The molecular formula is C31H29N5O6S. The molecule has 4 aromatic carbocycles. The normalized spacial score (nSPS) is 11.1. The zero-order valence-corrected chi connectivity index (χ0v) is 24.7. The van der Waals surface area contributed by atoms with Gasteiger partial charge in [0.2, 0.25) is 0 Å². The molecule has 11 nitrogen and oxygen atoms in total. The molecule has 43 heavy (non-hydrogen) atoms. The van der Waals surface area contributed by atoms with E-state index in [4.69, 9.17) is 14.2 Å². The van der Waals surface area contributed by atoms with Gasteiger partial charge in [0.1, 0.15) is 17.2 Å². The van der Waals surface area contributed by atoms with E-state index in [9.17, 15) is 13.2 Å². The summed E-state index contributed by atoms with van der Waals surface area (Å²) >= 11 is 0. The first-order valence-corrected chi connectivity index (χ1v) is 14.5. The van der Waals surface area contributed by atoms with E-state index in [0.717, 1.165) is 5.56 Å². The largest absolute Gasteiger partial charge is 0.497 e. The highest BCUT2D eigenvalue weighted by atomic mass is 32.2. The van der Waals surface area contributed by atoms with Crippen LogP contribution in [0.25, 0.3) is 11.0 Å². The number of hydrogen-bond donors (Lipinski definition) is 3. The minimum Gasteiger partial charge on any atom is -0.497 e. The van der Waals surface area contributed by atoms with Gasteiger partial charge in [-0.05, 0) is 55.0 Å². The van der Waals surface area contributed by atoms with Crippen molar-refractivity contribution >= 4 is 50.0 Å². The summed E-state index contributed by atoms with van der Waals surface area (Å²) in [5.41, 5.74) is 3.11. The number of carbonyl (C=O) groups is 1. The Morgan fingerprint density at radius 2 is 1.40 bits per heavy atom.